The Morgan fingerprint density at radius 3 is 1.53 bits per heavy atom. The van der Waals surface area contributed by atoms with E-state index in [1.165, 1.54) is 11.0 Å². The van der Waals surface area contributed by atoms with Crippen molar-refractivity contribution < 1.29 is 8.42 Å². The maximum absolute atomic E-state index is 11.9. The third-order valence-corrected chi connectivity index (χ3v) is 6.10. The summed E-state index contributed by atoms with van der Waals surface area (Å²) < 4.78 is 23.8. The average molecular weight is 485 g/mol. The Balaban J connectivity index is 0.000000210. The molecule has 34 heavy (non-hydrogen) atoms. The maximum Gasteiger partial charge on any atom is 0.175 e. The zero-order chi connectivity index (χ0) is 24.5. The van der Waals surface area contributed by atoms with E-state index in [1.807, 2.05) is 109 Å². The fraction of sp³-hybridized carbons (Fsp3) is 0.0667. The van der Waals surface area contributed by atoms with Crippen molar-refractivity contribution >= 4 is 28.5 Å². The highest BCUT2D eigenvalue weighted by atomic mass is 32.2. The predicted molar refractivity (Wildman–Crippen MR) is 148 cm³/mol. The molecule has 2 nitrogen and oxygen atoms in total. The first kappa shape index (κ1) is 26.7. The third kappa shape index (κ3) is 11.4. The number of sulfone groups is 1. The van der Waals surface area contributed by atoms with Crippen molar-refractivity contribution in [2.45, 2.75) is 11.5 Å². The molecule has 0 aliphatic carbocycles. The minimum absolute atomic E-state index is 0.0389. The van der Waals surface area contributed by atoms with Gasteiger partial charge in [0.2, 0.25) is 0 Å². The Hall–Kier alpha value is -3.52. The van der Waals surface area contributed by atoms with Gasteiger partial charge < -0.3 is 0 Å². The van der Waals surface area contributed by atoms with Crippen LogP contribution in [0.15, 0.2) is 127 Å². The van der Waals surface area contributed by atoms with E-state index in [-0.39, 0.29) is 5.75 Å². The van der Waals surface area contributed by atoms with E-state index in [0.717, 1.165) is 22.4 Å². The topological polar surface area (TPSA) is 34.1 Å². The van der Waals surface area contributed by atoms with Crippen molar-refractivity contribution in [3.8, 4) is 12.3 Å². The summed E-state index contributed by atoms with van der Waals surface area (Å²) in [7, 11) is -3.21. The minimum atomic E-state index is -3.21. The second kappa shape index (κ2) is 15.3. The van der Waals surface area contributed by atoms with E-state index in [0.29, 0.717) is 0 Å². The van der Waals surface area contributed by atoms with Crippen LogP contribution in [0, 0.1) is 12.3 Å². The van der Waals surface area contributed by atoms with E-state index >= 15 is 0 Å². The van der Waals surface area contributed by atoms with E-state index in [9.17, 15) is 8.42 Å². The molecular formula is C30H28O2S2. The number of benzene rings is 4. The van der Waals surface area contributed by atoms with Crippen molar-refractivity contribution in [2.75, 3.05) is 0 Å². The molecule has 4 rings (SSSR count). The van der Waals surface area contributed by atoms with E-state index in [1.54, 1.807) is 6.08 Å². The summed E-state index contributed by atoms with van der Waals surface area (Å²) in [5, 5.41) is 1.27. The van der Waals surface area contributed by atoms with Crippen LogP contribution < -0.4 is 0 Å². The first-order valence-electron chi connectivity index (χ1n) is 10.7. The van der Waals surface area contributed by atoms with Crippen LogP contribution in [0.2, 0.25) is 0 Å². The lowest BCUT2D eigenvalue weighted by Gasteiger charge is -1.99. The summed E-state index contributed by atoms with van der Waals surface area (Å²) in [6.45, 7) is 0. The van der Waals surface area contributed by atoms with Crippen molar-refractivity contribution in [1.29, 1.82) is 0 Å². The molecule has 0 saturated heterocycles. The number of thiol groups is 1. The van der Waals surface area contributed by atoms with Crippen LogP contribution in [0.5, 0.6) is 0 Å². The summed E-state index contributed by atoms with van der Waals surface area (Å²) in [5.74, 6) is 3.40. The fourth-order valence-electron chi connectivity index (χ4n) is 2.72. The van der Waals surface area contributed by atoms with Crippen molar-refractivity contribution in [1.82, 2.24) is 0 Å². The zero-order valence-electron chi connectivity index (χ0n) is 18.9. The summed E-state index contributed by atoms with van der Waals surface area (Å²) in [6, 6.07) is 38.3. The first-order valence-corrected chi connectivity index (χ1v) is 13.0. The standard InChI is InChI=1S/C15H14O2S.C8H6.C7H8S/c16-18(17,13-15-9-5-2-6-10-15)12-11-14-7-3-1-4-8-14;1-2-8-6-4-3-5-7-8;8-6-7-4-2-1-3-5-7/h1-12H,13H2;1,3-7H;1-5,8H,6H2. The van der Waals surface area contributed by atoms with E-state index < -0.39 is 9.84 Å². The molecular weight excluding hydrogens is 456 g/mol. The van der Waals surface area contributed by atoms with Crippen LogP contribution in [0.1, 0.15) is 22.3 Å². The molecule has 0 radical (unpaired) electrons. The number of terminal acetylenes is 1. The third-order valence-electron chi connectivity index (χ3n) is 4.44. The smallest absolute Gasteiger partial charge is 0.175 e. The molecule has 0 N–H and O–H groups in total. The second-order valence-electron chi connectivity index (χ2n) is 7.16. The molecule has 172 valence electrons. The highest BCUT2D eigenvalue weighted by Crippen LogP contribution is 2.09. The summed E-state index contributed by atoms with van der Waals surface area (Å²) in [4.78, 5) is 0. The SMILES string of the molecule is C#Cc1ccccc1.O=S(=O)(C=Cc1ccccc1)Cc1ccccc1.SCc1ccccc1. The van der Waals surface area contributed by atoms with Crippen molar-refractivity contribution in [2.24, 2.45) is 0 Å². The quantitative estimate of drug-likeness (QED) is 0.243. The molecule has 0 atom stereocenters. The number of hydrogen-bond donors (Lipinski definition) is 1. The Kier molecular flexibility index (Phi) is 12.1. The van der Waals surface area contributed by atoms with Gasteiger partial charge in [-0.1, -0.05) is 115 Å². The molecule has 0 aliphatic heterocycles. The van der Waals surface area contributed by atoms with Gasteiger partial charge in [0, 0.05) is 16.7 Å². The molecule has 0 saturated carbocycles. The minimum Gasteiger partial charge on any atom is -0.224 e. The summed E-state index contributed by atoms with van der Waals surface area (Å²) >= 11 is 4.11. The highest BCUT2D eigenvalue weighted by molar-refractivity contribution is 7.93. The molecule has 0 amide bonds. The molecule has 0 aliphatic rings. The summed E-state index contributed by atoms with van der Waals surface area (Å²) in [6.07, 6.45) is 6.72. The van der Waals surface area contributed by atoms with Gasteiger partial charge in [0.05, 0.1) is 5.75 Å². The number of rotatable bonds is 5. The summed E-state index contributed by atoms with van der Waals surface area (Å²) in [5.41, 5.74) is 3.90. The van der Waals surface area contributed by atoms with Gasteiger partial charge in [-0.15, -0.1) is 6.42 Å². The van der Waals surface area contributed by atoms with E-state index in [2.05, 4.69) is 30.7 Å². The predicted octanol–water partition coefficient (Wildman–Crippen LogP) is 7.06. The lowest BCUT2D eigenvalue weighted by atomic mass is 10.2. The Bertz CT molecular complexity index is 1250. The zero-order valence-corrected chi connectivity index (χ0v) is 20.6. The molecule has 0 spiro atoms. The molecule has 0 fully saturated rings. The van der Waals surface area contributed by atoms with Crippen LogP contribution in [-0.4, -0.2) is 8.42 Å². The van der Waals surface area contributed by atoms with Gasteiger partial charge in [0.25, 0.3) is 0 Å². The lowest BCUT2D eigenvalue weighted by molar-refractivity contribution is 0.604. The van der Waals surface area contributed by atoms with Gasteiger partial charge in [-0.05, 0) is 34.9 Å². The van der Waals surface area contributed by atoms with Crippen LogP contribution in [0.4, 0.5) is 0 Å². The molecule has 4 aromatic rings. The molecule has 0 bridgehead atoms. The van der Waals surface area contributed by atoms with Crippen LogP contribution in [0.25, 0.3) is 6.08 Å². The molecule has 4 heteroatoms. The fourth-order valence-corrected chi connectivity index (χ4v) is 4.05. The van der Waals surface area contributed by atoms with Gasteiger partial charge in [-0.25, -0.2) is 8.42 Å². The first-order chi connectivity index (χ1) is 16.5. The average Bonchev–Trinajstić information content (AvgIpc) is 2.90. The van der Waals surface area contributed by atoms with Crippen molar-refractivity contribution in [3.05, 3.63) is 149 Å². The van der Waals surface area contributed by atoms with Gasteiger partial charge in [0.15, 0.2) is 9.84 Å². The van der Waals surface area contributed by atoms with Crippen LogP contribution in [-0.2, 0) is 21.3 Å². The van der Waals surface area contributed by atoms with E-state index in [4.69, 9.17) is 6.42 Å². The normalized spacial score (nSPS) is 10.2. The molecule has 0 unspecified atom stereocenters. The number of hydrogen-bond acceptors (Lipinski definition) is 3. The van der Waals surface area contributed by atoms with Gasteiger partial charge >= 0.3 is 0 Å². The molecule has 0 aromatic heterocycles. The van der Waals surface area contributed by atoms with Crippen molar-refractivity contribution in [3.63, 3.8) is 0 Å². The monoisotopic (exact) mass is 484 g/mol. The Morgan fingerprint density at radius 2 is 1.12 bits per heavy atom. The molecule has 0 heterocycles. The maximum atomic E-state index is 11.9. The van der Waals surface area contributed by atoms with Gasteiger partial charge in [-0.2, -0.15) is 12.6 Å². The van der Waals surface area contributed by atoms with Crippen LogP contribution in [0.3, 0.4) is 0 Å². The highest BCUT2D eigenvalue weighted by Gasteiger charge is 2.06. The second-order valence-corrected chi connectivity index (χ2v) is 9.36. The largest absolute Gasteiger partial charge is 0.224 e. The molecule has 4 aromatic carbocycles. The Labute approximate surface area is 209 Å². The Morgan fingerprint density at radius 1 is 0.676 bits per heavy atom. The van der Waals surface area contributed by atoms with Gasteiger partial charge in [0.1, 0.15) is 0 Å². The van der Waals surface area contributed by atoms with Crippen LogP contribution >= 0.6 is 12.6 Å². The van der Waals surface area contributed by atoms with Gasteiger partial charge in [-0.3, -0.25) is 0 Å². The lowest BCUT2D eigenvalue weighted by Crippen LogP contribution is -1.99.